The van der Waals surface area contributed by atoms with Crippen molar-refractivity contribution in [3.8, 4) is 0 Å². The van der Waals surface area contributed by atoms with E-state index in [1.165, 1.54) is 23.3 Å². The molecule has 2 aromatic carbocycles. The number of fused-ring (bicyclic) bond motifs is 2. The first-order valence-corrected chi connectivity index (χ1v) is 11.3. The van der Waals surface area contributed by atoms with E-state index >= 15 is 0 Å². The molecule has 3 aliphatic rings. The van der Waals surface area contributed by atoms with Gasteiger partial charge in [0.1, 0.15) is 16.8 Å². The zero-order valence-electron chi connectivity index (χ0n) is 15.8. The van der Waals surface area contributed by atoms with Crippen LogP contribution in [-0.4, -0.2) is 21.1 Å². The van der Waals surface area contributed by atoms with Crippen LogP contribution in [0.4, 0.5) is 14.9 Å². The summed E-state index contributed by atoms with van der Waals surface area (Å²) in [6.07, 6.45) is 5.50. The lowest BCUT2D eigenvalue weighted by Gasteiger charge is -2.17. The molecule has 2 amide bonds. The maximum Gasteiger partial charge on any atom is 0.333 e. The minimum absolute atomic E-state index is 0.215. The number of benzene rings is 2. The summed E-state index contributed by atoms with van der Waals surface area (Å²) in [6, 6.07) is 5.15. The van der Waals surface area contributed by atoms with Crippen LogP contribution >= 0.6 is 0 Å². The first-order chi connectivity index (χ1) is 13.9. The van der Waals surface area contributed by atoms with Crippen LogP contribution < -0.4 is 10.0 Å². The Kier molecular flexibility index (Phi) is 4.36. The summed E-state index contributed by atoms with van der Waals surface area (Å²) in [5.74, 6) is -0.906. The van der Waals surface area contributed by atoms with Gasteiger partial charge in [-0.3, -0.25) is 0 Å². The number of urea groups is 1. The number of carbonyl (C=O) groups excluding carboxylic acids is 1. The van der Waals surface area contributed by atoms with E-state index in [4.69, 9.17) is 4.74 Å². The second kappa shape index (κ2) is 6.81. The maximum absolute atomic E-state index is 14.2. The van der Waals surface area contributed by atoms with Gasteiger partial charge in [-0.05, 0) is 78.5 Å². The largest absolute Gasteiger partial charge is 0.368 e. The second-order valence-corrected chi connectivity index (χ2v) is 9.46. The first kappa shape index (κ1) is 18.6. The zero-order valence-corrected chi connectivity index (χ0v) is 16.6. The summed E-state index contributed by atoms with van der Waals surface area (Å²) < 4.78 is 46.6. The van der Waals surface area contributed by atoms with Gasteiger partial charge in [-0.2, -0.15) is 0 Å². The minimum atomic E-state index is -4.36. The molecule has 0 spiro atoms. The maximum atomic E-state index is 14.2. The summed E-state index contributed by atoms with van der Waals surface area (Å²) in [7, 11) is -4.36. The van der Waals surface area contributed by atoms with Crippen LogP contribution in [0.3, 0.4) is 0 Å². The molecule has 1 fully saturated rings. The SMILES string of the molecule is O=[14C](Nc1c2c(cc3c1CCC3)CCC2)NS(=O)(=O)c1cc(C2CO2)ccc1F. The number of hydrogen-bond acceptors (Lipinski definition) is 4. The van der Waals surface area contributed by atoms with Gasteiger partial charge < -0.3 is 10.1 Å². The van der Waals surface area contributed by atoms with Crippen molar-refractivity contribution in [3.05, 3.63) is 57.9 Å². The number of halogens is 1. The van der Waals surface area contributed by atoms with Crippen LogP contribution in [0.5, 0.6) is 0 Å². The van der Waals surface area contributed by atoms with E-state index < -0.39 is 26.8 Å². The van der Waals surface area contributed by atoms with Crippen molar-refractivity contribution in [1.29, 1.82) is 0 Å². The van der Waals surface area contributed by atoms with Gasteiger partial charge in [-0.25, -0.2) is 22.3 Å². The minimum Gasteiger partial charge on any atom is -0.368 e. The molecule has 0 bridgehead atoms. The van der Waals surface area contributed by atoms with Crippen LogP contribution in [0, 0.1) is 5.82 Å². The van der Waals surface area contributed by atoms with E-state index in [1.807, 2.05) is 4.72 Å². The quantitative estimate of drug-likeness (QED) is 0.745. The lowest BCUT2D eigenvalue weighted by molar-refractivity contribution is 0.256. The zero-order chi connectivity index (χ0) is 20.2. The van der Waals surface area contributed by atoms with Gasteiger partial charge in [0, 0.05) is 5.69 Å². The third kappa shape index (κ3) is 3.40. The Hall–Kier alpha value is -2.45. The van der Waals surface area contributed by atoms with E-state index in [0.29, 0.717) is 12.2 Å². The average molecular weight is 418 g/mol. The second-order valence-electron chi connectivity index (χ2n) is 7.81. The number of carbonyl (C=O) groups is 1. The molecule has 2 N–H and O–H groups in total. The lowest BCUT2D eigenvalue weighted by Crippen LogP contribution is -2.35. The number of aryl methyl sites for hydroxylation is 2. The number of ether oxygens (including phenoxy) is 1. The number of anilines is 1. The van der Waals surface area contributed by atoms with Gasteiger partial charge in [0.2, 0.25) is 0 Å². The predicted octanol–water partition coefficient (Wildman–Crippen LogP) is 3.38. The third-order valence-corrected chi connectivity index (χ3v) is 7.23. The number of amides is 2. The Balaban J connectivity index is 1.41. The molecule has 2 aliphatic carbocycles. The molecule has 1 atom stereocenters. The van der Waals surface area contributed by atoms with Crippen molar-refractivity contribution in [1.82, 2.24) is 4.72 Å². The summed E-state index contributed by atoms with van der Waals surface area (Å²) >= 11 is 0. The molecule has 1 saturated heterocycles. The molecular formula is C21H21FN2O4S. The molecule has 8 heteroatoms. The van der Waals surface area contributed by atoms with E-state index in [9.17, 15) is 17.6 Å². The molecule has 0 aromatic heterocycles. The highest BCUT2D eigenvalue weighted by Gasteiger charge is 2.30. The summed E-state index contributed by atoms with van der Waals surface area (Å²) in [5.41, 5.74) is 5.96. The summed E-state index contributed by atoms with van der Waals surface area (Å²) in [6.45, 7) is 0.475. The van der Waals surface area contributed by atoms with E-state index in [1.54, 1.807) is 0 Å². The molecule has 1 unspecified atom stereocenters. The third-order valence-electron chi connectivity index (χ3n) is 5.89. The normalized spacial score (nSPS) is 19.6. The Morgan fingerprint density at radius 2 is 1.69 bits per heavy atom. The Bertz CT molecular complexity index is 1090. The summed E-state index contributed by atoms with van der Waals surface area (Å²) in [4.78, 5) is 12.0. The van der Waals surface area contributed by atoms with Crippen LogP contribution in [0.15, 0.2) is 29.2 Å². The molecule has 2 aromatic rings. The van der Waals surface area contributed by atoms with E-state index in [0.717, 1.165) is 61.4 Å². The standard InChI is InChI=1S/C21H21FN2O4S/c22-17-8-7-14(18-11-28-18)10-19(17)29(26,27)24-21(25)23-20-15-5-1-3-12(15)9-13-4-2-6-16(13)20/h7-10,18H,1-6,11H2,(H2,23,24,25)/i21+2. The molecule has 152 valence electrons. The van der Waals surface area contributed by atoms with Crippen LogP contribution in [0.1, 0.15) is 46.8 Å². The van der Waals surface area contributed by atoms with Crippen molar-refractivity contribution < 1.29 is 22.3 Å². The Labute approximate surface area is 168 Å². The van der Waals surface area contributed by atoms with Gasteiger partial charge in [0.25, 0.3) is 10.0 Å². The van der Waals surface area contributed by atoms with Gasteiger partial charge >= 0.3 is 6.03 Å². The van der Waals surface area contributed by atoms with Gasteiger partial charge in [-0.1, -0.05) is 12.1 Å². The molecule has 1 aliphatic heterocycles. The number of nitrogens with one attached hydrogen (secondary N) is 2. The Morgan fingerprint density at radius 3 is 2.31 bits per heavy atom. The van der Waals surface area contributed by atoms with Crippen LogP contribution in [0.25, 0.3) is 0 Å². The highest BCUT2D eigenvalue weighted by Crippen LogP contribution is 2.38. The molecule has 29 heavy (non-hydrogen) atoms. The fourth-order valence-electron chi connectivity index (χ4n) is 4.45. The van der Waals surface area contributed by atoms with Crippen molar-refractivity contribution in [2.45, 2.75) is 49.5 Å². The number of epoxide rings is 1. The predicted molar refractivity (Wildman–Crippen MR) is 105 cm³/mol. The lowest BCUT2D eigenvalue weighted by atomic mass is 9.99. The number of rotatable bonds is 4. The molecule has 5 rings (SSSR count). The van der Waals surface area contributed by atoms with Crippen LogP contribution in [0.2, 0.25) is 0 Å². The van der Waals surface area contributed by atoms with Crippen molar-refractivity contribution >= 4 is 21.7 Å². The fraction of sp³-hybridized carbons (Fsp3) is 0.381. The highest BCUT2D eigenvalue weighted by molar-refractivity contribution is 7.90. The van der Waals surface area contributed by atoms with Gasteiger partial charge in [0.15, 0.2) is 0 Å². The molecule has 1 heterocycles. The van der Waals surface area contributed by atoms with Crippen molar-refractivity contribution in [2.24, 2.45) is 0 Å². The molecule has 0 radical (unpaired) electrons. The Morgan fingerprint density at radius 1 is 1.03 bits per heavy atom. The number of sulfonamides is 1. The monoisotopic (exact) mass is 418 g/mol. The van der Waals surface area contributed by atoms with E-state index in [-0.39, 0.29) is 6.10 Å². The topological polar surface area (TPSA) is 87.8 Å². The smallest absolute Gasteiger partial charge is 0.333 e. The fourth-order valence-corrected chi connectivity index (χ4v) is 5.47. The van der Waals surface area contributed by atoms with Crippen molar-refractivity contribution in [3.63, 3.8) is 0 Å². The van der Waals surface area contributed by atoms with Crippen molar-refractivity contribution in [2.75, 3.05) is 11.9 Å². The summed E-state index contributed by atoms with van der Waals surface area (Å²) in [5, 5.41) is 2.76. The molecule has 6 nitrogen and oxygen atoms in total. The molecular weight excluding hydrogens is 397 g/mol. The van der Waals surface area contributed by atoms with Gasteiger partial charge in [0.05, 0.1) is 6.61 Å². The number of hydrogen-bond donors (Lipinski definition) is 2. The highest BCUT2D eigenvalue weighted by atomic mass is 32.2. The van der Waals surface area contributed by atoms with Crippen LogP contribution in [-0.2, 0) is 40.4 Å². The van der Waals surface area contributed by atoms with Gasteiger partial charge in [-0.15, -0.1) is 0 Å². The average Bonchev–Trinajstić information content (AvgIpc) is 3.22. The first-order valence-electron chi connectivity index (χ1n) is 9.84. The molecule has 0 saturated carbocycles. The van der Waals surface area contributed by atoms with E-state index in [2.05, 4.69) is 11.4 Å².